The molecular weight excluding hydrogens is 522 g/mol. The van der Waals surface area contributed by atoms with Gasteiger partial charge in [-0.25, -0.2) is 4.79 Å². The van der Waals surface area contributed by atoms with E-state index in [0.29, 0.717) is 25.1 Å². The first-order valence-electron chi connectivity index (χ1n) is 12.3. The van der Waals surface area contributed by atoms with Crippen LogP contribution in [-0.4, -0.2) is 48.3 Å². The van der Waals surface area contributed by atoms with E-state index < -0.39 is 5.41 Å². The molecular formula is C29H38BrNO5. The van der Waals surface area contributed by atoms with Crippen LogP contribution in [0.4, 0.5) is 0 Å². The van der Waals surface area contributed by atoms with Crippen molar-refractivity contribution in [3.8, 4) is 0 Å². The number of Topliss-reactive ketones (excluding diaryl/α,β-unsaturated/α-hetero) is 1. The number of carbonyl (C=O) groups excluding carboxylic acids is 3. The van der Waals surface area contributed by atoms with Crippen molar-refractivity contribution < 1.29 is 24.0 Å². The van der Waals surface area contributed by atoms with Crippen molar-refractivity contribution in [3.63, 3.8) is 0 Å². The van der Waals surface area contributed by atoms with E-state index in [-0.39, 0.29) is 34.9 Å². The minimum atomic E-state index is -0.685. The zero-order valence-electron chi connectivity index (χ0n) is 22.0. The highest BCUT2D eigenvalue weighted by Crippen LogP contribution is 2.35. The highest BCUT2D eigenvalue weighted by Gasteiger charge is 2.35. The first-order valence-corrected chi connectivity index (χ1v) is 13.5. The number of esters is 1. The lowest BCUT2D eigenvalue weighted by Gasteiger charge is -2.32. The quantitative estimate of drug-likeness (QED) is 0.162. The van der Waals surface area contributed by atoms with Crippen LogP contribution < -0.4 is 0 Å². The number of rotatable bonds is 14. The predicted octanol–water partition coefficient (Wildman–Crippen LogP) is 5.91. The van der Waals surface area contributed by atoms with Gasteiger partial charge in [-0.05, 0) is 55.4 Å². The lowest BCUT2D eigenvalue weighted by Crippen LogP contribution is -2.36. The van der Waals surface area contributed by atoms with Crippen LogP contribution >= 0.6 is 15.9 Å². The Morgan fingerprint density at radius 1 is 0.972 bits per heavy atom. The van der Waals surface area contributed by atoms with Gasteiger partial charge in [0.2, 0.25) is 0 Å². The van der Waals surface area contributed by atoms with Crippen molar-refractivity contribution in [2.75, 3.05) is 25.5 Å². The molecule has 6 nitrogen and oxygen atoms in total. The van der Waals surface area contributed by atoms with E-state index in [9.17, 15) is 14.4 Å². The maximum atomic E-state index is 13.1. The smallest absolute Gasteiger partial charge is 0.357 e. The van der Waals surface area contributed by atoms with Crippen LogP contribution in [0.1, 0.15) is 68.4 Å². The summed E-state index contributed by atoms with van der Waals surface area (Å²) in [7, 11) is 1.76. The molecule has 0 aliphatic carbocycles. The van der Waals surface area contributed by atoms with Crippen LogP contribution in [0.25, 0.3) is 0 Å². The Bertz CT molecular complexity index is 1020. The van der Waals surface area contributed by atoms with Gasteiger partial charge in [-0.3, -0.25) is 9.59 Å². The topological polar surface area (TPSA) is 72.9 Å². The van der Waals surface area contributed by atoms with Crippen LogP contribution in [0, 0.1) is 5.41 Å². The van der Waals surface area contributed by atoms with E-state index in [4.69, 9.17) is 9.57 Å². The number of alkyl halides is 1. The summed E-state index contributed by atoms with van der Waals surface area (Å²) in [5, 5.41) is 1.84. The van der Waals surface area contributed by atoms with E-state index in [1.807, 2.05) is 37.3 Å². The van der Waals surface area contributed by atoms with Crippen molar-refractivity contribution in [2.24, 2.45) is 5.41 Å². The molecule has 7 heteroatoms. The standard InChI is InChI=1S/C29H38BrNO5/c1-6-35-26(33)19-22-12-10-15-24(18-22)29(4,25(32)20-30)17-11-16-28(2,3)21-31(5)36-27(34)23-13-8-7-9-14-23/h7-10,12-15,18H,6,11,16-17,19-21H2,1-5H3. The number of benzene rings is 2. The van der Waals surface area contributed by atoms with Gasteiger partial charge in [0.25, 0.3) is 0 Å². The molecule has 0 spiro atoms. The zero-order valence-corrected chi connectivity index (χ0v) is 23.6. The third-order valence-electron chi connectivity index (χ3n) is 6.38. The molecule has 1 unspecified atom stereocenters. The number of hydrogen-bond acceptors (Lipinski definition) is 6. The van der Waals surface area contributed by atoms with Gasteiger partial charge in [0, 0.05) is 13.6 Å². The highest BCUT2D eigenvalue weighted by atomic mass is 79.9. The Morgan fingerprint density at radius 3 is 2.31 bits per heavy atom. The number of carbonyl (C=O) groups is 3. The fourth-order valence-corrected chi connectivity index (χ4v) is 5.02. The maximum absolute atomic E-state index is 13.1. The molecule has 0 bridgehead atoms. The SMILES string of the molecule is CCOC(=O)Cc1cccc(C(C)(CCCC(C)(C)CN(C)OC(=O)c2ccccc2)C(=O)CBr)c1. The monoisotopic (exact) mass is 559 g/mol. The Hall–Kier alpha value is -2.51. The largest absolute Gasteiger partial charge is 0.466 e. The zero-order chi connectivity index (χ0) is 26.8. The summed E-state index contributed by atoms with van der Waals surface area (Å²) >= 11 is 3.35. The van der Waals surface area contributed by atoms with Crippen LogP contribution in [0.5, 0.6) is 0 Å². The van der Waals surface area contributed by atoms with Crippen molar-refractivity contribution in [1.82, 2.24) is 5.06 Å². The first kappa shape index (κ1) is 29.7. The van der Waals surface area contributed by atoms with Crippen LogP contribution in [0.2, 0.25) is 0 Å². The molecule has 0 heterocycles. The van der Waals surface area contributed by atoms with E-state index in [0.717, 1.165) is 24.0 Å². The summed E-state index contributed by atoms with van der Waals surface area (Å²) in [6, 6.07) is 16.6. The summed E-state index contributed by atoms with van der Waals surface area (Å²) in [6.45, 7) is 8.92. The molecule has 0 amide bonds. The fourth-order valence-electron chi connectivity index (χ4n) is 4.40. The predicted molar refractivity (Wildman–Crippen MR) is 145 cm³/mol. The summed E-state index contributed by atoms with van der Waals surface area (Å²) in [5.41, 5.74) is 1.42. The molecule has 0 radical (unpaired) electrons. The Labute approximate surface area is 223 Å². The van der Waals surface area contributed by atoms with Crippen molar-refractivity contribution in [2.45, 2.75) is 58.8 Å². The molecule has 2 aromatic carbocycles. The van der Waals surface area contributed by atoms with Crippen LogP contribution in [0.15, 0.2) is 54.6 Å². The van der Waals surface area contributed by atoms with E-state index in [1.165, 1.54) is 0 Å². The summed E-state index contributed by atoms with van der Waals surface area (Å²) in [6.07, 6.45) is 2.50. The molecule has 0 aliphatic rings. The van der Waals surface area contributed by atoms with E-state index in [2.05, 4.69) is 29.8 Å². The van der Waals surface area contributed by atoms with Gasteiger partial charge in [0.05, 0.1) is 29.3 Å². The summed E-state index contributed by atoms with van der Waals surface area (Å²) in [4.78, 5) is 42.9. The third-order valence-corrected chi connectivity index (χ3v) is 6.89. The van der Waals surface area contributed by atoms with Crippen LogP contribution in [-0.2, 0) is 31.0 Å². The minimum Gasteiger partial charge on any atom is -0.466 e. The highest BCUT2D eigenvalue weighted by molar-refractivity contribution is 9.09. The number of halogens is 1. The second-order valence-electron chi connectivity index (χ2n) is 10.1. The molecule has 1 atom stereocenters. The van der Waals surface area contributed by atoms with E-state index in [1.54, 1.807) is 43.3 Å². The summed E-state index contributed by atoms with van der Waals surface area (Å²) in [5.74, 6) is -0.559. The number of ketones is 1. The average molecular weight is 561 g/mol. The Morgan fingerprint density at radius 2 is 1.67 bits per heavy atom. The second-order valence-corrected chi connectivity index (χ2v) is 10.7. The van der Waals surface area contributed by atoms with E-state index >= 15 is 0 Å². The second kappa shape index (κ2) is 13.7. The molecule has 0 fully saturated rings. The Balaban J connectivity index is 2.02. The molecule has 0 aliphatic heterocycles. The summed E-state index contributed by atoms with van der Waals surface area (Å²) < 4.78 is 5.07. The Kier molecular flexibility index (Phi) is 11.3. The number of nitrogens with zero attached hydrogens (tertiary/aromatic N) is 1. The molecule has 196 valence electrons. The minimum absolute atomic E-state index is 0.0995. The molecule has 2 aromatic rings. The normalized spacial score (nSPS) is 13.2. The maximum Gasteiger partial charge on any atom is 0.357 e. The third kappa shape index (κ3) is 8.86. The van der Waals surface area contributed by atoms with Gasteiger partial charge >= 0.3 is 11.9 Å². The van der Waals surface area contributed by atoms with Crippen molar-refractivity contribution in [1.29, 1.82) is 0 Å². The van der Waals surface area contributed by atoms with Crippen molar-refractivity contribution >= 4 is 33.7 Å². The van der Waals surface area contributed by atoms with Gasteiger partial charge in [0.1, 0.15) is 0 Å². The number of hydrogen-bond donors (Lipinski definition) is 0. The van der Waals surface area contributed by atoms with Gasteiger partial charge in [-0.2, -0.15) is 0 Å². The molecule has 0 N–H and O–H groups in total. The molecule has 36 heavy (non-hydrogen) atoms. The molecule has 2 rings (SSSR count). The van der Waals surface area contributed by atoms with Gasteiger partial charge < -0.3 is 9.57 Å². The molecule has 0 aromatic heterocycles. The molecule has 0 saturated carbocycles. The fraction of sp³-hybridized carbons (Fsp3) is 0.483. The first-order chi connectivity index (χ1) is 17.0. The van der Waals surface area contributed by atoms with Crippen LogP contribution in [0.3, 0.4) is 0 Å². The van der Waals surface area contributed by atoms with Gasteiger partial charge in [0.15, 0.2) is 5.78 Å². The lowest BCUT2D eigenvalue weighted by atomic mass is 9.73. The average Bonchev–Trinajstić information content (AvgIpc) is 2.83. The number of ether oxygens (including phenoxy) is 1. The number of hydroxylamine groups is 2. The van der Waals surface area contributed by atoms with Gasteiger partial charge in [-0.1, -0.05) is 78.7 Å². The lowest BCUT2D eigenvalue weighted by molar-refractivity contribution is -0.142. The van der Waals surface area contributed by atoms with Crippen molar-refractivity contribution in [3.05, 3.63) is 71.3 Å². The van der Waals surface area contributed by atoms with Gasteiger partial charge in [-0.15, -0.1) is 5.06 Å². The molecule has 0 saturated heterocycles.